The zero-order valence-corrected chi connectivity index (χ0v) is 15.2. The maximum absolute atomic E-state index is 12.1. The number of carbonyl (C=O) groups excluding carboxylic acids is 1. The molecule has 2 heterocycles. The molecule has 0 spiro atoms. The molecular weight excluding hydrogens is 344 g/mol. The Morgan fingerprint density at radius 3 is 2.50 bits per heavy atom. The SMILES string of the molecule is O=C1N=C(N2CCCC2)S/C1=C/c1ccc(OCc2ccccc2)cc1. The molecule has 0 aromatic heterocycles. The molecule has 4 rings (SSSR count). The number of amides is 1. The van der Waals surface area contributed by atoms with Gasteiger partial charge in [0.2, 0.25) is 0 Å². The second kappa shape index (κ2) is 7.79. The topological polar surface area (TPSA) is 41.9 Å². The van der Waals surface area contributed by atoms with E-state index in [0.717, 1.165) is 35.1 Å². The molecule has 132 valence electrons. The van der Waals surface area contributed by atoms with Crippen LogP contribution in [0, 0.1) is 0 Å². The molecule has 5 heteroatoms. The molecule has 0 unspecified atom stereocenters. The highest BCUT2D eigenvalue weighted by atomic mass is 32.2. The predicted molar refractivity (Wildman–Crippen MR) is 106 cm³/mol. The lowest BCUT2D eigenvalue weighted by molar-refractivity contribution is -0.113. The molecule has 0 N–H and O–H groups in total. The molecule has 0 atom stereocenters. The highest BCUT2D eigenvalue weighted by Gasteiger charge is 2.27. The van der Waals surface area contributed by atoms with Gasteiger partial charge in [-0.25, -0.2) is 0 Å². The number of aliphatic imine (C=N–C) groups is 1. The number of hydrogen-bond donors (Lipinski definition) is 0. The summed E-state index contributed by atoms with van der Waals surface area (Å²) >= 11 is 1.48. The van der Waals surface area contributed by atoms with Gasteiger partial charge in [-0.05, 0) is 53.9 Å². The van der Waals surface area contributed by atoms with Crippen molar-refractivity contribution in [3.8, 4) is 5.75 Å². The molecule has 2 aliphatic heterocycles. The van der Waals surface area contributed by atoms with Gasteiger partial charge in [0.1, 0.15) is 12.4 Å². The summed E-state index contributed by atoms with van der Waals surface area (Å²) in [6.45, 7) is 2.54. The van der Waals surface area contributed by atoms with Crippen LogP contribution in [0.15, 0.2) is 64.5 Å². The smallest absolute Gasteiger partial charge is 0.286 e. The van der Waals surface area contributed by atoms with Gasteiger partial charge >= 0.3 is 0 Å². The quantitative estimate of drug-likeness (QED) is 0.757. The fourth-order valence-corrected chi connectivity index (χ4v) is 3.96. The lowest BCUT2D eigenvalue weighted by atomic mass is 10.2. The van der Waals surface area contributed by atoms with Gasteiger partial charge in [0.05, 0.1) is 4.91 Å². The molecule has 0 radical (unpaired) electrons. The first kappa shape index (κ1) is 16.9. The zero-order valence-electron chi connectivity index (χ0n) is 14.4. The van der Waals surface area contributed by atoms with Gasteiger partial charge in [-0.3, -0.25) is 4.79 Å². The van der Waals surface area contributed by atoms with Crippen molar-refractivity contribution in [3.63, 3.8) is 0 Å². The highest BCUT2D eigenvalue weighted by Crippen LogP contribution is 2.31. The third kappa shape index (κ3) is 3.99. The minimum absolute atomic E-state index is 0.138. The maximum atomic E-state index is 12.1. The van der Waals surface area contributed by atoms with Crippen LogP contribution in [0.25, 0.3) is 6.08 Å². The standard InChI is InChI=1S/C21H20N2O2S/c24-20-19(26-21(22-20)23-12-4-5-13-23)14-16-8-10-18(11-9-16)25-15-17-6-2-1-3-7-17/h1-3,6-11,14H,4-5,12-13,15H2/b19-14+. The largest absolute Gasteiger partial charge is 0.489 e. The van der Waals surface area contributed by atoms with E-state index < -0.39 is 0 Å². The third-order valence-corrected chi connectivity index (χ3v) is 5.46. The summed E-state index contributed by atoms with van der Waals surface area (Å²) in [6.07, 6.45) is 4.26. The van der Waals surface area contributed by atoms with Gasteiger partial charge in [-0.15, -0.1) is 0 Å². The average molecular weight is 364 g/mol. The van der Waals surface area contributed by atoms with Gasteiger partial charge in [0.25, 0.3) is 5.91 Å². The van der Waals surface area contributed by atoms with Crippen molar-refractivity contribution in [1.82, 2.24) is 4.90 Å². The van der Waals surface area contributed by atoms with E-state index in [1.165, 1.54) is 24.6 Å². The molecule has 2 aromatic carbocycles. The molecule has 2 aliphatic rings. The number of ether oxygens (including phenoxy) is 1. The minimum atomic E-state index is -0.138. The summed E-state index contributed by atoms with van der Waals surface area (Å²) in [5, 5.41) is 0.849. The Bertz CT molecular complexity index is 838. The van der Waals surface area contributed by atoms with Crippen LogP contribution in [-0.4, -0.2) is 29.1 Å². The van der Waals surface area contributed by atoms with Crippen LogP contribution in [0.4, 0.5) is 0 Å². The number of carbonyl (C=O) groups is 1. The van der Waals surface area contributed by atoms with Gasteiger partial charge in [0, 0.05) is 13.1 Å². The Kier molecular flexibility index (Phi) is 5.07. The molecule has 26 heavy (non-hydrogen) atoms. The lowest BCUT2D eigenvalue weighted by Gasteiger charge is -2.14. The summed E-state index contributed by atoms with van der Waals surface area (Å²) in [7, 11) is 0. The Morgan fingerprint density at radius 2 is 1.77 bits per heavy atom. The summed E-state index contributed by atoms with van der Waals surface area (Å²) in [6, 6.07) is 17.9. The van der Waals surface area contributed by atoms with E-state index in [2.05, 4.69) is 9.89 Å². The van der Waals surface area contributed by atoms with Crippen molar-refractivity contribution < 1.29 is 9.53 Å². The summed E-state index contributed by atoms with van der Waals surface area (Å²) in [5.74, 6) is 0.678. The van der Waals surface area contributed by atoms with Crippen molar-refractivity contribution in [2.45, 2.75) is 19.4 Å². The summed E-state index contributed by atoms with van der Waals surface area (Å²) < 4.78 is 5.80. The summed E-state index contributed by atoms with van der Waals surface area (Å²) in [4.78, 5) is 19.2. The van der Waals surface area contributed by atoms with Gasteiger partial charge in [-0.2, -0.15) is 4.99 Å². The Balaban J connectivity index is 1.38. The predicted octanol–water partition coefficient (Wildman–Crippen LogP) is 4.33. The lowest BCUT2D eigenvalue weighted by Crippen LogP contribution is -2.23. The molecular formula is C21H20N2O2S. The van der Waals surface area contributed by atoms with Crippen LogP contribution in [0.1, 0.15) is 24.0 Å². The molecule has 4 nitrogen and oxygen atoms in total. The van der Waals surface area contributed by atoms with Crippen LogP contribution < -0.4 is 4.74 Å². The molecule has 1 amide bonds. The normalized spacial score (nSPS) is 18.5. The molecule has 2 aromatic rings. The van der Waals surface area contributed by atoms with E-state index in [0.29, 0.717) is 11.5 Å². The van der Waals surface area contributed by atoms with E-state index in [4.69, 9.17) is 4.74 Å². The first-order valence-electron chi connectivity index (χ1n) is 8.82. The Morgan fingerprint density at radius 1 is 1.04 bits per heavy atom. The van der Waals surface area contributed by atoms with E-state index in [1.807, 2.05) is 60.7 Å². The van der Waals surface area contributed by atoms with Gasteiger partial charge in [0.15, 0.2) is 5.17 Å². The van der Waals surface area contributed by atoms with Gasteiger partial charge < -0.3 is 9.64 Å². The van der Waals surface area contributed by atoms with Crippen molar-refractivity contribution in [2.75, 3.05) is 13.1 Å². The zero-order chi connectivity index (χ0) is 17.8. The number of nitrogens with zero attached hydrogens (tertiary/aromatic N) is 2. The second-order valence-corrected chi connectivity index (χ2v) is 7.36. The maximum Gasteiger partial charge on any atom is 0.286 e. The van der Waals surface area contributed by atoms with Crippen LogP contribution in [0.5, 0.6) is 5.75 Å². The molecule has 0 saturated carbocycles. The van der Waals surface area contributed by atoms with Crippen LogP contribution in [-0.2, 0) is 11.4 Å². The van der Waals surface area contributed by atoms with Crippen molar-refractivity contribution in [2.24, 2.45) is 4.99 Å². The number of thioether (sulfide) groups is 1. The first-order chi connectivity index (χ1) is 12.8. The molecule has 0 bridgehead atoms. The van der Waals surface area contributed by atoms with E-state index in [-0.39, 0.29) is 5.91 Å². The van der Waals surface area contributed by atoms with Crippen LogP contribution >= 0.6 is 11.8 Å². The fourth-order valence-electron chi connectivity index (χ4n) is 2.99. The van der Waals surface area contributed by atoms with Crippen molar-refractivity contribution in [1.29, 1.82) is 0 Å². The number of benzene rings is 2. The Labute approximate surface area is 157 Å². The van der Waals surface area contributed by atoms with Gasteiger partial charge in [-0.1, -0.05) is 42.5 Å². The third-order valence-electron chi connectivity index (χ3n) is 4.41. The highest BCUT2D eigenvalue weighted by molar-refractivity contribution is 8.18. The summed E-state index contributed by atoms with van der Waals surface area (Å²) in [5.41, 5.74) is 2.11. The minimum Gasteiger partial charge on any atom is -0.489 e. The van der Waals surface area contributed by atoms with Crippen molar-refractivity contribution in [3.05, 3.63) is 70.6 Å². The molecule has 1 fully saturated rings. The number of amidine groups is 1. The van der Waals surface area contributed by atoms with Crippen molar-refractivity contribution >= 4 is 28.9 Å². The Hall–Kier alpha value is -2.53. The second-order valence-electron chi connectivity index (χ2n) is 6.35. The van der Waals surface area contributed by atoms with E-state index >= 15 is 0 Å². The molecule has 0 aliphatic carbocycles. The van der Waals surface area contributed by atoms with E-state index in [9.17, 15) is 4.79 Å². The first-order valence-corrected chi connectivity index (χ1v) is 9.64. The van der Waals surface area contributed by atoms with E-state index in [1.54, 1.807) is 0 Å². The average Bonchev–Trinajstić information content (AvgIpc) is 3.32. The fraction of sp³-hybridized carbons (Fsp3) is 0.238. The number of rotatable bonds is 4. The number of hydrogen-bond acceptors (Lipinski definition) is 4. The number of likely N-dealkylation sites (tertiary alicyclic amines) is 1. The molecule has 1 saturated heterocycles. The monoisotopic (exact) mass is 364 g/mol. The van der Waals surface area contributed by atoms with Crippen LogP contribution in [0.2, 0.25) is 0 Å². The van der Waals surface area contributed by atoms with Crippen LogP contribution in [0.3, 0.4) is 0 Å².